The molecule has 1 N–H and O–H groups in total. The zero-order valence-corrected chi connectivity index (χ0v) is 25.0. The van der Waals surface area contributed by atoms with Crippen LogP contribution in [-0.4, -0.2) is 44.8 Å². The fraction of sp³-hybridized carbons (Fsp3) is 0.278. The molecule has 3 heterocycles. The maximum absolute atomic E-state index is 14.3. The maximum atomic E-state index is 14.3. The molecule has 236 valence electrons. The number of halogens is 3. The first-order chi connectivity index (χ1) is 22.2. The number of benzene rings is 4. The van der Waals surface area contributed by atoms with Gasteiger partial charge in [0.15, 0.2) is 0 Å². The molecular formula is C36H32F3N3O4. The van der Waals surface area contributed by atoms with Gasteiger partial charge in [-0.15, -0.1) is 0 Å². The minimum absolute atomic E-state index is 0.0117. The van der Waals surface area contributed by atoms with Gasteiger partial charge in [0, 0.05) is 19.7 Å². The number of alkyl halides is 3. The van der Waals surface area contributed by atoms with Crippen molar-refractivity contribution in [1.82, 2.24) is 14.5 Å². The summed E-state index contributed by atoms with van der Waals surface area (Å²) >= 11 is 0. The summed E-state index contributed by atoms with van der Waals surface area (Å²) in [6, 6.07) is 24.9. The number of carboxylic acids is 1. The van der Waals surface area contributed by atoms with Gasteiger partial charge in [-0.1, -0.05) is 54.6 Å². The maximum Gasteiger partial charge on any atom is 0.419 e. The van der Waals surface area contributed by atoms with Crippen LogP contribution in [0.15, 0.2) is 84.9 Å². The lowest BCUT2D eigenvalue weighted by molar-refractivity contribution is -0.139. The van der Waals surface area contributed by atoms with Gasteiger partial charge in [-0.05, 0) is 71.0 Å². The van der Waals surface area contributed by atoms with E-state index in [0.29, 0.717) is 50.3 Å². The molecule has 0 radical (unpaired) electrons. The summed E-state index contributed by atoms with van der Waals surface area (Å²) in [6.45, 7) is 2.66. The Morgan fingerprint density at radius 1 is 1.00 bits per heavy atom. The molecule has 0 amide bonds. The molecule has 10 heteroatoms. The van der Waals surface area contributed by atoms with Gasteiger partial charge >= 0.3 is 12.1 Å². The van der Waals surface area contributed by atoms with Crippen molar-refractivity contribution in [2.45, 2.75) is 51.4 Å². The first-order valence-electron chi connectivity index (χ1n) is 15.3. The summed E-state index contributed by atoms with van der Waals surface area (Å²) in [5, 5.41) is 9.55. The third-order valence-corrected chi connectivity index (χ3v) is 8.80. The summed E-state index contributed by atoms with van der Waals surface area (Å²) < 4.78 is 56.5. The molecule has 2 aliphatic heterocycles. The molecule has 7 nitrogen and oxygen atoms in total. The summed E-state index contributed by atoms with van der Waals surface area (Å²) in [6.07, 6.45) is -3.18. The lowest BCUT2D eigenvalue weighted by Crippen LogP contribution is -2.34. The molecule has 0 aliphatic carbocycles. The van der Waals surface area contributed by atoms with E-state index in [9.17, 15) is 23.1 Å². The highest BCUT2D eigenvalue weighted by Gasteiger charge is 2.36. The van der Waals surface area contributed by atoms with Crippen molar-refractivity contribution in [3.8, 4) is 16.9 Å². The van der Waals surface area contributed by atoms with Gasteiger partial charge in [0.05, 0.1) is 41.4 Å². The standard InChI is InChI=1S/C36H32F3N3O4/c37-36(38,39)30-16-24-12-14-41(21-34-40-31-11-10-25(35(43)44)17-32(31)42(34)20-28-13-15-45-28)19-27(24)18-33(30)46-22-26-8-4-5-9-29(26)23-6-2-1-3-7-23/h1-11,16-18,28H,12-15,19-22H2,(H,43,44)/t28-/m0/s1. The lowest BCUT2D eigenvalue weighted by Gasteiger charge is -2.31. The molecule has 7 rings (SSSR count). The Balaban J connectivity index is 1.16. The van der Waals surface area contributed by atoms with Gasteiger partial charge in [0.2, 0.25) is 0 Å². The van der Waals surface area contributed by atoms with Gasteiger partial charge < -0.3 is 19.1 Å². The molecule has 0 unspecified atom stereocenters. The van der Waals surface area contributed by atoms with Crippen LogP contribution >= 0.6 is 0 Å². The van der Waals surface area contributed by atoms with Gasteiger partial charge in [-0.3, -0.25) is 4.90 Å². The van der Waals surface area contributed by atoms with E-state index < -0.39 is 17.7 Å². The number of carbonyl (C=O) groups is 1. The Bertz CT molecular complexity index is 1900. The molecule has 46 heavy (non-hydrogen) atoms. The van der Waals surface area contributed by atoms with E-state index in [2.05, 4.69) is 4.90 Å². The number of aromatic carboxylic acids is 1. The summed E-state index contributed by atoms with van der Waals surface area (Å²) in [5.41, 5.74) is 4.93. The van der Waals surface area contributed by atoms with Crippen LogP contribution < -0.4 is 4.74 Å². The number of ether oxygens (including phenoxy) is 2. The molecule has 1 fully saturated rings. The number of aromatic nitrogens is 2. The molecule has 0 spiro atoms. The minimum Gasteiger partial charge on any atom is -0.488 e. The Labute approximate surface area is 263 Å². The summed E-state index contributed by atoms with van der Waals surface area (Å²) in [5.74, 6) is -0.438. The summed E-state index contributed by atoms with van der Waals surface area (Å²) in [7, 11) is 0. The topological polar surface area (TPSA) is 76.8 Å². The number of carboxylic acid groups (broad SMARTS) is 1. The number of imidazole rings is 1. The number of rotatable bonds is 9. The predicted octanol–water partition coefficient (Wildman–Crippen LogP) is 7.35. The Morgan fingerprint density at radius 3 is 2.52 bits per heavy atom. The Hall–Kier alpha value is -4.67. The minimum atomic E-state index is -4.57. The number of hydrogen-bond acceptors (Lipinski definition) is 5. The molecule has 2 aliphatic rings. The lowest BCUT2D eigenvalue weighted by atomic mass is 9.96. The van der Waals surface area contributed by atoms with Crippen LogP contribution in [0.3, 0.4) is 0 Å². The molecule has 1 atom stereocenters. The number of hydrogen-bond donors (Lipinski definition) is 1. The van der Waals surface area contributed by atoms with Crippen molar-refractivity contribution in [1.29, 1.82) is 0 Å². The van der Waals surface area contributed by atoms with E-state index in [0.717, 1.165) is 40.0 Å². The highest BCUT2D eigenvalue weighted by atomic mass is 19.4. The Morgan fingerprint density at radius 2 is 1.78 bits per heavy atom. The molecule has 5 aromatic rings. The first kappa shape index (κ1) is 30.0. The molecular weight excluding hydrogens is 595 g/mol. The third-order valence-electron chi connectivity index (χ3n) is 8.80. The van der Waals surface area contributed by atoms with Crippen molar-refractivity contribution >= 4 is 17.0 Å². The zero-order valence-electron chi connectivity index (χ0n) is 25.0. The van der Waals surface area contributed by atoms with Gasteiger partial charge in [0.1, 0.15) is 18.2 Å². The molecule has 0 saturated carbocycles. The first-order valence-corrected chi connectivity index (χ1v) is 15.3. The smallest absolute Gasteiger partial charge is 0.419 e. The van der Waals surface area contributed by atoms with Crippen LogP contribution in [0, 0.1) is 0 Å². The largest absolute Gasteiger partial charge is 0.488 e. The van der Waals surface area contributed by atoms with E-state index in [1.165, 1.54) is 6.07 Å². The van der Waals surface area contributed by atoms with Crippen molar-refractivity contribution in [2.24, 2.45) is 0 Å². The van der Waals surface area contributed by atoms with E-state index in [4.69, 9.17) is 14.5 Å². The highest BCUT2D eigenvalue weighted by molar-refractivity contribution is 5.92. The Kier molecular flexibility index (Phi) is 8.00. The van der Waals surface area contributed by atoms with Crippen LogP contribution in [0.25, 0.3) is 22.2 Å². The van der Waals surface area contributed by atoms with E-state index in [1.807, 2.05) is 59.2 Å². The van der Waals surface area contributed by atoms with Crippen molar-refractivity contribution in [3.05, 3.63) is 119 Å². The second kappa shape index (κ2) is 12.3. The average Bonchev–Trinajstić information content (AvgIpc) is 3.37. The SMILES string of the molecule is O=C(O)c1ccc2nc(CN3CCc4cc(C(F)(F)F)c(OCc5ccccc5-c5ccccc5)cc4C3)n(C[C@@H]3CCO3)c2c1. The zero-order chi connectivity index (χ0) is 31.8. The second-order valence-electron chi connectivity index (χ2n) is 11.8. The van der Waals surface area contributed by atoms with Crippen molar-refractivity contribution < 1.29 is 32.5 Å². The average molecular weight is 628 g/mol. The molecule has 4 aromatic carbocycles. The highest BCUT2D eigenvalue weighted by Crippen LogP contribution is 2.40. The summed E-state index contributed by atoms with van der Waals surface area (Å²) in [4.78, 5) is 18.7. The second-order valence-corrected chi connectivity index (χ2v) is 11.8. The van der Waals surface area contributed by atoms with E-state index in [1.54, 1.807) is 24.3 Å². The van der Waals surface area contributed by atoms with Crippen LogP contribution in [0.2, 0.25) is 0 Å². The van der Waals surface area contributed by atoms with E-state index >= 15 is 0 Å². The number of nitrogens with zero attached hydrogens (tertiary/aromatic N) is 3. The fourth-order valence-electron chi connectivity index (χ4n) is 6.28. The van der Waals surface area contributed by atoms with E-state index in [-0.39, 0.29) is 24.0 Å². The quantitative estimate of drug-likeness (QED) is 0.184. The van der Waals surface area contributed by atoms with Crippen LogP contribution in [-0.2, 0) is 43.6 Å². The molecule has 0 bridgehead atoms. The predicted molar refractivity (Wildman–Crippen MR) is 167 cm³/mol. The van der Waals surface area contributed by atoms with Crippen molar-refractivity contribution in [3.63, 3.8) is 0 Å². The van der Waals surface area contributed by atoms with Gasteiger partial charge in [0.25, 0.3) is 0 Å². The number of fused-ring (bicyclic) bond motifs is 2. The van der Waals surface area contributed by atoms with Gasteiger partial charge in [-0.25, -0.2) is 9.78 Å². The monoisotopic (exact) mass is 627 g/mol. The van der Waals surface area contributed by atoms with Crippen LogP contribution in [0.5, 0.6) is 5.75 Å². The third kappa shape index (κ3) is 6.10. The normalized spacial score (nSPS) is 16.6. The van der Waals surface area contributed by atoms with Crippen LogP contribution in [0.1, 0.15) is 44.9 Å². The van der Waals surface area contributed by atoms with Crippen LogP contribution in [0.4, 0.5) is 13.2 Å². The molecule has 1 saturated heterocycles. The van der Waals surface area contributed by atoms with Crippen molar-refractivity contribution in [2.75, 3.05) is 13.2 Å². The van der Waals surface area contributed by atoms with Gasteiger partial charge in [-0.2, -0.15) is 13.2 Å². The molecule has 1 aromatic heterocycles. The fourth-order valence-corrected chi connectivity index (χ4v) is 6.28.